The Hall–Kier alpha value is -1.42. The molecular formula is C10H13NO3. The van der Waals surface area contributed by atoms with E-state index in [0.717, 1.165) is 18.5 Å². The van der Waals surface area contributed by atoms with E-state index in [4.69, 9.17) is 4.74 Å². The van der Waals surface area contributed by atoms with Gasteiger partial charge in [0.25, 0.3) is 0 Å². The fraction of sp³-hybridized carbons (Fsp3) is 0.400. The topological polar surface area (TPSA) is 61.7 Å². The number of methoxy groups -OCH3 is 1. The van der Waals surface area contributed by atoms with Gasteiger partial charge in [0.1, 0.15) is 0 Å². The normalized spacial score (nSPS) is 20.2. The number of benzene rings is 1. The third kappa shape index (κ3) is 1.37. The summed E-state index contributed by atoms with van der Waals surface area (Å²) in [5.41, 5.74) is 0.948. The Morgan fingerprint density at radius 1 is 1.43 bits per heavy atom. The number of rotatable bonds is 2. The lowest BCUT2D eigenvalue weighted by Gasteiger charge is -2.28. The Balaban J connectivity index is 2.37. The molecule has 1 saturated heterocycles. The van der Waals surface area contributed by atoms with Crippen LogP contribution in [-0.4, -0.2) is 23.9 Å². The summed E-state index contributed by atoms with van der Waals surface area (Å²) in [5, 5.41) is 22.0. The van der Waals surface area contributed by atoms with Crippen LogP contribution in [0.3, 0.4) is 0 Å². The number of ether oxygens (including phenoxy) is 1. The number of phenols is 2. The molecule has 4 nitrogen and oxygen atoms in total. The Kier molecular flexibility index (Phi) is 2.21. The van der Waals surface area contributed by atoms with Crippen molar-refractivity contribution in [1.29, 1.82) is 0 Å². The largest absolute Gasteiger partial charge is 0.504 e. The summed E-state index contributed by atoms with van der Waals surface area (Å²) >= 11 is 0. The summed E-state index contributed by atoms with van der Waals surface area (Å²) in [5.74, 6) is -0.0164. The van der Waals surface area contributed by atoms with E-state index in [0.29, 0.717) is 5.75 Å². The predicted molar refractivity (Wildman–Crippen MR) is 51.7 cm³/mol. The molecule has 2 rings (SSSR count). The molecule has 0 spiro atoms. The molecule has 1 aromatic rings. The van der Waals surface area contributed by atoms with Crippen molar-refractivity contribution >= 4 is 0 Å². The second-order valence-electron chi connectivity index (χ2n) is 3.39. The summed E-state index contributed by atoms with van der Waals surface area (Å²) < 4.78 is 4.95. The lowest BCUT2D eigenvalue weighted by molar-refractivity contribution is 0.342. The summed E-state index contributed by atoms with van der Waals surface area (Å²) in [6.45, 7) is 0.995. The SMILES string of the molecule is COc1cc(C2CCN2)cc(O)c1O. The first kappa shape index (κ1) is 9.15. The van der Waals surface area contributed by atoms with Crippen molar-refractivity contribution in [3.05, 3.63) is 17.7 Å². The molecule has 1 aliphatic rings. The van der Waals surface area contributed by atoms with Gasteiger partial charge in [-0.1, -0.05) is 0 Å². The highest BCUT2D eigenvalue weighted by molar-refractivity contribution is 5.52. The van der Waals surface area contributed by atoms with Crippen molar-refractivity contribution < 1.29 is 14.9 Å². The van der Waals surface area contributed by atoms with Crippen LogP contribution >= 0.6 is 0 Å². The molecule has 0 aromatic heterocycles. The van der Waals surface area contributed by atoms with Crippen LogP contribution in [0.2, 0.25) is 0 Å². The van der Waals surface area contributed by atoms with Gasteiger partial charge in [-0.25, -0.2) is 0 Å². The predicted octanol–water partition coefficient (Wildman–Crippen LogP) is 1.14. The molecule has 1 unspecified atom stereocenters. The third-order valence-electron chi connectivity index (χ3n) is 2.52. The molecule has 4 heteroatoms. The van der Waals surface area contributed by atoms with Gasteiger partial charge in [-0.05, 0) is 30.7 Å². The van der Waals surface area contributed by atoms with Crippen molar-refractivity contribution in [2.24, 2.45) is 0 Å². The molecule has 1 atom stereocenters. The van der Waals surface area contributed by atoms with Crippen LogP contribution in [0.25, 0.3) is 0 Å². The molecular weight excluding hydrogens is 182 g/mol. The first-order valence-electron chi connectivity index (χ1n) is 4.55. The van der Waals surface area contributed by atoms with E-state index in [1.165, 1.54) is 7.11 Å². The lowest BCUT2D eigenvalue weighted by Crippen LogP contribution is -2.34. The van der Waals surface area contributed by atoms with Gasteiger partial charge in [-0.3, -0.25) is 0 Å². The minimum absolute atomic E-state index is 0.131. The Morgan fingerprint density at radius 2 is 2.14 bits per heavy atom. The Bertz CT molecular complexity index is 347. The number of hydrogen-bond acceptors (Lipinski definition) is 4. The van der Waals surface area contributed by atoms with Crippen molar-refractivity contribution in [3.63, 3.8) is 0 Å². The van der Waals surface area contributed by atoms with Crippen LogP contribution in [0.5, 0.6) is 17.2 Å². The molecule has 0 bridgehead atoms. The first-order chi connectivity index (χ1) is 6.72. The minimum Gasteiger partial charge on any atom is -0.504 e. The fourth-order valence-corrected chi connectivity index (χ4v) is 1.54. The monoisotopic (exact) mass is 195 g/mol. The van der Waals surface area contributed by atoms with Crippen LogP contribution in [0.4, 0.5) is 0 Å². The van der Waals surface area contributed by atoms with E-state index in [1.807, 2.05) is 0 Å². The minimum atomic E-state index is -0.199. The summed E-state index contributed by atoms with van der Waals surface area (Å²) in [6.07, 6.45) is 1.05. The second-order valence-corrected chi connectivity index (χ2v) is 3.39. The van der Waals surface area contributed by atoms with Gasteiger partial charge in [0.2, 0.25) is 5.75 Å². The van der Waals surface area contributed by atoms with E-state index in [1.54, 1.807) is 12.1 Å². The molecule has 1 fully saturated rings. The van der Waals surface area contributed by atoms with Gasteiger partial charge in [-0.15, -0.1) is 0 Å². The maximum Gasteiger partial charge on any atom is 0.200 e. The number of aromatic hydroxyl groups is 2. The maximum atomic E-state index is 9.42. The fourth-order valence-electron chi connectivity index (χ4n) is 1.54. The maximum absolute atomic E-state index is 9.42. The third-order valence-corrected chi connectivity index (χ3v) is 2.52. The Labute approximate surface area is 82.1 Å². The quantitative estimate of drug-likeness (QED) is 0.619. The van der Waals surface area contributed by atoms with E-state index >= 15 is 0 Å². The summed E-state index contributed by atoms with van der Waals surface area (Å²) in [7, 11) is 1.46. The van der Waals surface area contributed by atoms with Gasteiger partial charge in [0, 0.05) is 6.04 Å². The molecule has 0 radical (unpaired) electrons. The zero-order valence-corrected chi connectivity index (χ0v) is 7.95. The van der Waals surface area contributed by atoms with Crippen LogP contribution in [-0.2, 0) is 0 Å². The zero-order valence-electron chi connectivity index (χ0n) is 7.95. The van der Waals surface area contributed by atoms with Gasteiger partial charge >= 0.3 is 0 Å². The summed E-state index contributed by atoms with van der Waals surface area (Å²) in [6, 6.07) is 3.58. The van der Waals surface area contributed by atoms with E-state index in [2.05, 4.69) is 5.32 Å². The molecule has 1 aromatic carbocycles. The number of phenolic OH excluding ortho intramolecular Hbond substituents is 2. The highest BCUT2D eigenvalue weighted by atomic mass is 16.5. The van der Waals surface area contributed by atoms with Crippen molar-refractivity contribution in [2.75, 3.05) is 13.7 Å². The van der Waals surface area contributed by atoms with E-state index in [-0.39, 0.29) is 17.5 Å². The van der Waals surface area contributed by atoms with Gasteiger partial charge in [0.05, 0.1) is 7.11 Å². The average molecular weight is 195 g/mol. The molecule has 0 aliphatic carbocycles. The van der Waals surface area contributed by atoms with Crippen LogP contribution in [0.1, 0.15) is 18.0 Å². The van der Waals surface area contributed by atoms with E-state index < -0.39 is 0 Å². The number of hydrogen-bond donors (Lipinski definition) is 3. The summed E-state index contributed by atoms with van der Waals surface area (Å²) in [4.78, 5) is 0. The molecule has 76 valence electrons. The highest BCUT2D eigenvalue weighted by Gasteiger charge is 2.21. The van der Waals surface area contributed by atoms with Crippen LogP contribution in [0, 0.1) is 0 Å². The molecule has 1 heterocycles. The molecule has 14 heavy (non-hydrogen) atoms. The standard InChI is InChI=1S/C10H13NO3/c1-14-9-5-6(7-2-3-11-7)4-8(12)10(9)13/h4-5,7,11-13H,2-3H2,1H3. The molecule has 1 aliphatic heterocycles. The zero-order chi connectivity index (χ0) is 10.1. The van der Waals surface area contributed by atoms with Gasteiger partial charge < -0.3 is 20.3 Å². The smallest absolute Gasteiger partial charge is 0.200 e. The first-order valence-corrected chi connectivity index (χ1v) is 4.55. The lowest BCUT2D eigenvalue weighted by atomic mass is 9.97. The van der Waals surface area contributed by atoms with Crippen molar-refractivity contribution in [3.8, 4) is 17.2 Å². The van der Waals surface area contributed by atoms with Crippen molar-refractivity contribution in [1.82, 2.24) is 5.32 Å². The Morgan fingerprint density at radius 3 is 2.64 bits per heavy atom. The van der Waals surface area contributed by atoms with Gasteiger partial charge in [-0.2, -0.15) is 0 Å². The van der Waals surface area contributed by atoms with Gasteiger partial charge in [0.15, 0.2) is 11.5 Å². The average Bonchev–Trinajstić information content (AvgIpc) is 2.08. The number of nitrogens with one attached hydrogen (secondary N) is 1. The second kappa shape index (κ2) is 3.38. The van der Waals surface area contributed by atoms with Crippen LogP contribution < -0.4 is 10.1 Å². The molecule has 0 amide bonds. The highest BCUT2D eigenvalue weighted by Crippen LogP contribution is 2.39. The molecule has 0 saturated carbocycles. The van der Waals surface area contributed by atoms with Crippen molar-refractivity contribution in [2.45, 2.75) is 12.5 Å². The van der Waals surface area contributed by atoms with Crippen LogP contribution in [0.15, 0.2) is 12.1 Å². The molecule has 3 N–H and O–H groups in total. The van der Waals surface area contributed by atoms with E-state index in [9.17, 15) is 10.2 Å².